The van der Waals surface area contributed by atoms with Crippen LogP contribution >= 0.6 is 0 Å². The summed E-state index contributed by atoms with van der Waals surface area (Å²) in [5.41, 5.74) is 0. The first-order chi connectivity index (χ1) is 16.2. The molecule has 194 valence electrons. The summed E-state index contributed by atoms with van der Waals surface area (Å²) in [4.78, 5) is 11.4. The second-order valence-corrected chi connectivity index (χ2v) is 9.60. The van der Waals surface area contributed by atoms with Crippen molar-refractivity contribution in [1.82, 2.24) is 0 Å². The lowest BCUT2D eigenvalue weighted by atomic mass is 10.0. The third kappa shape index (κ3) is 18.1. The standard InChI is InChI=1S/C28H52O5/c1-3-4-5-6-7-8-9-10-11-12-13-14-15-16-17-20-26(23-25(29)24-27(30)31-2)33-28-21-18-19-22-32-28/h10-11,25-26,28-29H,3-9,12-24H2,1-2H3/b11-10-/t25-,26-,28?/m0/s1. The summed E-state index contributed by atoms with van der Waals surface area (Å²) in [6, 6.07) is 0. The Balaban J connectivity index is 2.11. The van der Waals surface area contributed by atoms with Crippen molar-refractivity contribution in [1.29, 1.82) is 0 Å². The van der Waals surface area contributed by atoms with Gasteiger partial charge < -0.3 is 19.3 Å². The van der Waals surface area contributed by atoms with Crippen LogP contribution in [0.4, 0.5) is 0 Å². The average molecular weight is 469 g/mol. The molecular weight excluding hydrogens is 416 g/mol. The number of unbranched alkanes of at least 4 members (excludes halogenated alkanes) is 11. The van der Waals surface area contributed by atoms with Crippen molar-refractivity contribution < 1.29 is 24.1 Å². The van der Waals surface area contributed by atoms with E-state index >= 15 is 0 Å². The molecule has 0 aromatic carbocycles. The minimum absolute atomic E-state index is 0.0221. The van der Waals surface area contributed by atoms with E-state index < -0.39 is 6.10 Å². The van der Waals surface area contributed by atoms with E-state index in [1.165, 1.54) is 84.2 Å². The topological polar surface area (TPSA) is 65.0 Å². The molecule has 0 bridgehead atoms. The molecule has 0 amide bonds. The normalized spacial score (nSPS) is 18.5. The van der Waals surface area contributed by atoms with Crippen molar-refractivity contribution in [3.63, 3.8) is 0 Å². The highest BCUT2D eigenvalue weighted by Gasteiger charge is 2.23. The zero-order valence-corrected chi connectivity index (χ0v) is 21.6. The molecule has 0 saturated carbocycles. The highest BCUT2D eigenvalue weighted by Crippen LogP contribution is 2.22. The van der Waals surface area contributed by atoms with Crippen molar-refractivity contribution in [2.45, 2.75) is 147 Å². The molecule has 1 N–H and O–H groups in total. The lowest BCUT2D eigenvalue weighted by molar-refractivity contribution is -0.194. The summed E-state index contributed by atoms with van der Waals surface area (Å²) in [5.74, 6) is -0.379. The summed E-state index contributed by atoms with van der Waals surface area (Å²) in [6.45, 7) is 3.01. The first-order valence-corrected chi connectivity index (χ1v) is 13.8. The largest absolute Gasteiger partial charge is 0.469 e. The van der Waals surface area contributed by atoms with Gasteiger partial charge in [-0.25, -0.2) is 0 Å². The number of methoxy groups -OCH3 is 1. The molecule has 0 aromatic heterocycles. The zero-order chi connectivity index (χ0) is 24.0. The van der Waals surface area contributed by atoms with Gasteiger partial charge in [-0.1, -0.05) is 76.9 Å². The Kier molecular flexibility index (Phi) is 19.7. The SMILES string of the molecule is CCCCCCCC/C=C\CCCCCCC[C@@H](C[C@H](O)CC(=O)OC)OC1CCCCO1. The molecular formula is C28H52O5. The fourth-order valence-corrected chi connectivity index (χ4v) is 4.38. The summed E-state index contributed by atoms with van der Waals surface area (Å²) < 4.78 is 16.5. The van der Waals surface area contributed by atoms with Gasteiger partial charge in [0.25, 0.3) is 0 Å². The van der Waals surface area contributed by atoms with Crippen LogP contribution in [0, 0.1) is 0 Å². The Hall–Kier alpha value is -0.910. The van der Waals surface area contributed by atoms with Crippen molar-refractivity contribution in [3.05, 3.63) is 12.2 Å². The number of aliphatic hydroxyl groups excluding tert-OH is 1. The molecule has 0 radical (unpaired) electrons. The maximum atomic E-state index is 11.4. The molecule has 1 aliphatic rings. The van der Waals surface area contributed by atoms with E-state index in [9.17, 15) is 9.90 Å². The number of carbonyl (C=O) groups is 1. The molecule has 0 aromatic rings. The van der Waals surface area contributed by atoms with Gasteiger partial charge in [-0.05, 0) is 51.4 Å². The van der Waals surface area contributed by atoms with Gasteiger partial charge in [0.05, 0.1) is 25.7 Å². The number of hydrogen-bond acceptors (Lipinski definition) is 5. The van der Waals surface area contributed by atoms with Gasteiger partial charge in [-0.2, -0.15) is 0 Å². The molecule has 3 atom stereocenters. The monoisotopic (exact) mass is 468 g/mol. The van der Waals surface area contributed by atoms with E-state index in [0.29, 0.717) is 6.42 Å². The van der Waals surface area contributed by atoms with Gasteiger partial charge in [-0.3, -0.25) is 4.79 Å². The van der Waals surface area contributed by atoms with Crippen LogP contribution in [0.5, 0.6) is 0 Å². The number of hydrogen-bond donors (Lipinski definition) is 1. The van der Waals surface area contributed by atoms with Crippen LogP contribution in [0.25, 0.3) is 0 Å². The van der Waals surface area contributed by atoms with Gasteiger partial charge in [-0.15, -0.1) is 0 Å². The summed E-state index contributed by atoms with van der Waals surface area (Å²) in [6.07, 6.45) is 24.9. The second-order valence-electron chi connectivity index (χ2n) is 9.60. The summed E-state index contributed by atoms with van der Waals surface area (Å²) in [5, 5.41) is 10.2. The molecule has 1 heterocycles. The molecule has 1 fully saturated rings. The number of aliphatic hydroxyl groups is 1. The van der Waals surface area contributed by atoms with Gasteiger partial charge >= 0.3 is 5.97 Å². The Morgan fingerprint density at radius 3 is 2.21 bits per heavy atom. The fraction of sp³-hybridized carbons (Fsp3) is 0.893. The van der Waals surface area contributed by atoms with E-state index in [4.69, 9.17) is 9.47 Å². The second kappa shape index (κ2) is 21.6. The number of ether oxygens (including phenoxy) is 3. The third-order valence-electron chi connectivity index (χ3n) is 6.43. The van der Waals surface area contributed by atoms with Gasteiger partial charge in [0.1, 0.15) is 0 Å². The predicted octanol–water partition coefficient (Wildman–Crippen LogP) is 7.25. The summed E-state index contributed by atoms with van der Waals surface area (Å²) in [7, 11) is 1.35. The van der Waals surface area contributed by atoms with E-state index in [2.05, 4.69) is 23.8 Å². The van der Waals surface area contributed by atoms with Gasteiger partial charge in [0, 0.05) is 13.0 Å². The lowest BCUT2D eigenvalue weighted by Crippen LogP contribution is -2.31. The number of rotatable bonds is 21. The molecule has 0 aliphatic carbocycles. The molecule has 5 nitrogen and oxygen atoms in total. The highest BCUT2D eigenvalue weighted by molar-refractivity contribution is 5.69. The number of carbonyl (C=O) groups excluding carboxylic acids is 1. The Labute approximate surface area is 203 Å². The van der Waals surface area contributed by atoms with E-state index in [1.54, 1.807) is 0 Å². The molecule has 1 unspecified atom stereocenters. The molecule has 1 rings (SSSR count). The zero-order valence-electron chi connectivity index (χ0n) is 21.6. The van der Waals surface area contributed by atoms with Crippen LogP contribution in [-0.2, 0) is 19.0 Å². The first-order valence-electron chi connectivity index (χ1n) is 13.8. The van der Waals surface area contributed by atoms with Crippen molar-refractivity contribution in [3.8, 4) is 0 Å². The highest BCUT2D eigenvalue weighted by atomic mass is 16.7. The first kappa shape index (κ1) is 30.1. The third-order valence-corrected chi connectivity index (χ3v) is 6.43. The average Bonchev–Trinajstić information content (AvgIpc) is 2.82. The smallest absolute Gasteiger partial charge is 0.308 e. The lowest BCUT2D eigenvalue weighted by Gasteiger charge is -2.29. The quantitative estimate of drug-likeness (QED) is 0.109. The van der Waals surface area contributed by atoms with Crippen LogP contribution in [0.1, 0.15) is 129 Å². The molecule has 0 spiro atoms. The minimum atomic E-state index is -0.728. The number of esters is 1. The molecule has 33 heavy (non-hydrogen) atoms. The Bertz CT molecular complexity index is 473. The van der Waals surface area contributed by atoms with Crippen molar-refractivity contribution >= 4 is 5.97 Å². The molecule has 1 aliphatic heterocycles. The Morgan fingerprint density at radius 1 is 0.970 bits per heavy atom. The van der Waals surface area contributed by atoms with Crippen LogP contribution in [0.3, 0.4) is 0 Å². The van der Waals surface area contributed by atoms with Crippen LogP contribution in [0.15, 0.2) is 12.2 Å². The van der Waals surface area contributed by atoms with Crippen LogP contribution in [0.2, 0.25) is 0 Å². The van der Waals surface area contributed by atoms with Crippen LogP contribution in [-0.4, -0.2) is 43.3 Å². The van der Waals surface area contributed by atoms with Crippen LogP contribution < -0.4 is 0 Å². The maximum absolute atomic E-state index is 11.4. The fourth-order valence-electron chi connectivity index (χ4n) is 4.38. The minimum Gasteiger partial charge on any atom is -0.469 e. The molecule has 1 saturated heterocycles. The van der Waals surface area contributed by atoms with E-state index in [1.807, 2.05) is 0 Å². The van der Waals surface area contributed by atoms with Crippen molar-refractivity contribution in [2.24, 2.45) is 0 Å². The maximum Gasteiger partial charge on any atom is 0.308 e. The van der Waals surface area contributed by atoms with Gasteiger partial charge in [0.15, 0.2) is 6.29 Å². The molecule has 5 heteroatoms. The predicted molar refractivity (Wildman–Crippen MR) is 135 cm³/mol. The Morgan fingerprint density at radius 2 is 1.61 bits per heavy atom. The van der Waals surface area contributed by atoms with E-state index in [-0.39, 0.29) is 24.8 Å². The summed E-state index contributed by atoms with van der Waals surface area (Å²) >= 11 is 0. The van der Waals surface area contributed by atoms with E-state index in [0.717, 1.165) is 38.7 Å². The number of allylic oxidation sites excluding steroid dienone is 2. The van der Waals surface area contributed by atoms with Gasteiger partial charge in [0.2, 0.25) is 0 Å². The van der Waals surface area contributed by atoms with Crippen molar-refractivity contribution in [2.75, 3.05) is 13.7 Å².